The van der Waals surface area contributed by atoms with Gasteiger partial charge in [0.1, 0.15) is 11.3 Å². The van der Waals surface area contributed by atoms with Crippen LogP contribution in [0.3, 0.4) is 0 Å². The number of carbonyl (C=O) groups is 1. The molecule has 0 aliphatic carbocycles. The first-order valence-corrected chi connectivity index (χ1v) is 11.4. The molecule has 3 heterocycles. The third-order valence-electron chi connectivity index (χ3n) is 5.13. The van der Waals surface area contributed by atoms with Gasteiger partial charge in [-0.25, -0.2) is 4.98 Å². The van der Waals surface area contributed by atoms with Crippen LogP contribution in [0.25, 0.3) is 11.0 Å². The van der Waals surface area contributed by atoms with Crippen molar-refractivity contribution in [3.8, 4) is 5.75 Å². The maximum atomic E-state index is 13.6. The van der Waals surface area contributed by atoms with E-state index < -0.39 is 6.04 Å². The standard InChI is InChI=1S/C23H17BrN2O4S/c1-3-29-15-6-4-5-13(9-15)19-18-20(27)16-10-14(24)7-8-17(16)30-21(18)22(28)26(19)23-25-12(2)11-31-23/h4-11,19H,3H2,1-2H3/t19-/m0/s1. The highest BCUT2D eigenvalue weighted by Gasteiger charge is 2.45. The predicted octanol–water partition coefficient (Wildman–Crippen LogP) is 5.47. The van der Waals surface area contributed by atoms with Crippen LogP contribution in [0.2, 0.25) is 0 Å². The second-order valence-electron chi connectivity index (χ2n) is 7.17. The Labute approximate surface area is 190 Å². The fraction of sp³-hybridized carbons (Fsp3) is 0.174. The highest BCUT2D eigenvalue weighted by Crippen LogP contribution is 2.42. The minimum atomic E-state index is -0.659. The largest absolute Gasteiger partial charge is 0.494 e. The van der Waals surface area contributed by atoms with Gasteiger partial charge in [0, 0.05) is 9.85 Å². The lowest BCUT2D eigenvalue weighted by molar-refractivity contribution is 0.0971. The zero-order chi connectivity index (χ0) is 21.7. The number of benzene rings is 2. The average molecular weight is 497 g/mol. The minimum Gasteiger partial charge on any atom is -0.494 e. The molecule has 0 N–H and O–H groups in total. The van der Waals surface area contributed by atoms with Crippen molar-refractivity contribution in [2.24, 2.45) is 0 Å². The van der Waals surface area contributed by atoms with Crippen LogP contribution in [0.1, 0.15) is 40.3 Å². The molecule has 0 spiro atoms. The molecule has 0 bridgehead atoms. The number of hydrogen-bond donors (Lipinski definition) is 0. The van der Waals surface area contributed by atoms with Crippen molar-refractivity contribution >= 4 is 49.3 Å². The van der Waals surface area contributed by atoms with Crippen LogP contribution in [0.4, 0.5) is 5.13 Å². The number of aromatic nitrogens is 1. The zero-order valence-corrected chi connectivity index (χ0v) is 19.1. The van der Waals surface area contributed by atoms with E-state index in [-0.39, 0.29) is 17.1 Å². The van der Waals surface area contributed by atoms with Gasteiger partial charge in [0.15, 0.2) is 10.6 Å². The van der Waals surface area contributed by atoms with Gasteiger partial charge in [-0.15, -0.1) is 11.3 Å². The predicted molar refractivity (Wildman–Crippen MR) is 123 cm³/mol. The molecular weight excluding hydrogens is 480 g/mol. The minimum absolute atomic E-state index is 0.0551. The number of halogens is 1. The van der Waals surface area contributed by atoms with Crippen molar-refractivity contribution in [2.75, 3.05) is 11.5 Å². The van der Waals surface area contributed by atoms with Gasteiger partial charge in [-0.3, -0.25) is 14.5 Å². The second kappa shape index (κ2) is 7.62. The van der Waals surface area contributed by atoms with Gasteiger partial charge in [0.2, 0.25) is 5.76 Å². The topological polar surface area (TPSA) is 72.6 Å². The quantitative estimate of drug-likeness (QED) is 0.374. The molecule has 1 atom stereocenters. The Kier molecular flexibility index (Phi) is 4.91. The van der Waals surface area contributed by atoms with Crippen molar-refractivity contribution < 1.29 is 13.9 Å². The summed E-state index contributed by atoms with van der Waals surface area (Å²) in [7, 11) is 0. The van der Waals surface area contributed by atoms with Gasteiger partial charge in [-0.1, -0.05) is 28.1 Å². The Morgan fingerprint density at radius 1 is 1.23 bits per heavy atom. The summed E-state index contributed by atoms with van der Waals surface area (Å²) in [5, 5.41) is 2.82. The van der Waals surface area contributed by atoms with E-state index in [9.17, 15) is 9.59 Å². The Hall–Kier alpha value is -2.97. The number of thiazole rings is 1. The number of fused-ring (bicyclic) bond motifs is 2. The maximum Gasteiger partial charge on any atom is 0.297 e. The first kappa shape index (κ1) is 20.0. The van der Waals surface area contributed by atoms with E-state index in [1.54, 1.807) is 23.1 Å². The summed E-state index contributed by atoms with van der Waals surface area (Å²) in [4.78, 5) is 33.1. The number of hydrogen-bond acceptors (Lipinski definition) is 6. The molecule has 31 heavy (non-hydrogen) atoms. The molecule has 2 aromatic carbocycles. The fourth-order valence-corrected chi connectivity index (χ4v) is 5.04. The normalized spacial score (nSPS) is 15.5. The first-order valence-electron chi connectivity index (χ1n) is 9.72. The van der Waals surface area contributed by atoms with Gasteiger partial charge in [0.25, 0.3) is 5.91 Å². The average Bonchev–Trinajstić information content (AvgIpc) is 3.30. The molecule has 1 aliphatic heterocycles. The van der Waals surface area contributed by atoms with Crippen molar-refractivity contribution in [2.45, 2.75) is 19.9 Å². The number of ether oxygens (including phenoxy) is 1. The highest BCUT2D eigenvalue weighted by atomic mass is 79.9. The van der Waals surface area contributed by atoms with Crippen LogP contribution in [-0.4, -0.2) is 17.5 Å². The molecule has 1 aliphatic rings. The molecule has 156 valence electrons. The van der Waals surface area contributed by atoms with E-state index in [0.717, 1.165) is 15.7 Å². The molecule has 2 aromatic heterocycles. The number of nitrogens with zero attached hydrogens (tertiary/aromatic N) is 2. The third kappa shape index (κ3) is 3.26. The second-order valence-corrected chi connectivity index (χ2v) is 8.92. The van der Waals surface area contributed by atoms with Crippen molar-refractivity contribution in [1.82, 2.24) is 4.98 Å². The number of amides is 1. The fourth-order valence-electron chi connectivity index (χ4n) is 3.85. The summed E-state index contributed by atoms with van der Waals surface area (Å²) in [6.07, 6.45) is 0. The lowest BCUT2D eigenvalue weighted by Crippen LogP contribution is -2.29. The Morgan fingerprint density at radius 3 is 2.81 bits per heavy atom. The summed E-state index contributed by atoms with van der Waals surface area (Å²) in [6.45, 7) is 4.29. The van der Waals surface area contributed by atoms with Crippen LogP contribution in [0.5, 0.6) is 5.75 Å². The molecule has 8 heteroatoms. The van der Waals surface area contributed by atoms with E-state index in [1.165, 1.54) is 11.3 Å². The van der Waals surface area contributed by atoms with E-state index in [1.807, 2.05) is 43.5 Å². The first-order chi connectivity index (χ1) is 15.0. The van der Waals surface area contributed by atoms with Gasteiger partial charge >= 0.3 is 0 Å². The zero-order valence-electron chi connectivity index (χ0n) is 16.7. The van der Waals surface area contributed by atoms with Crippen LogP contribution >= 0.6 is 27.3 Å². The molecule has 6 nitrogen and oxygen atoms in total. The molecule has 4 aromatic rings. The molecule has 0 unspecified atom stereocenters. The Balaban J connectivity index is 1.80. The molecule has 1 amide bonds. The highest BCUT2D eigenvalue weighted by molar-refractivity contribution is 9.10. The Morgan fingerprint density at radius 2 is 2.06 bits per heavy atom. The number of anilines is 1. The van der Waals surface area contributed by atoms with E-state index in [2.05, 4.69) is 20.9 Å². The molecule has 0 radical (unpaired) electrons. The van der Waals surface area contributed by atoms with Gasteiger partial charge in [-0.2, -0.15) is 0 Å². The maximum absolute atomic E-state index is 13.6. The van der Waals surface area contributed by atoms with Gasteiger partial charge in [0.05, 0.1) is 29.3 Å². The molecular formula is C23H17BrN2O4S. The molecule has 5 rings (SSSR count). The van der Waals surface area contributed by atoms with Gasteiger partial charge < -0.3 is 9.15 Å². The lowest BCUT2D eigenvalue weighted by atomic mass is 9.98. The summed E-state index contributed by atoms with van der Waals surface area (Å²) >= 11 is 4.77. The molecule has 0 saturated carbocycles. The Bertz CT molecular complexity index is 1390. The summed E-state index contributed by atoms with van der Waals surface area (Å²) in [5.74, 6) is 0.349. The number of rotatable bonds is 4. The van der Waals surface area contributed by atoms with E-state index in [0.29, 0.717) is 34.0 Å². The van der Waals surface area contributed by atoms with E-state index in [4.69, 9.17) is 9.15 Å². The van der Waals surface area contributed by atoms with Crippen molar-refractivity contribution in [1.29, 1.82) is 0 Å². The van der Waals surface area contributed by atoms with Crippen LogP contribution in [0, 0.1) is 6.92 Å². The SMILES string of the molecule is CCOc1cccc([C@H]2c3c(oc4ccc(Br)cc4c3=O)C(=O)N2c2nc(C)cs2)c1. The third-order valence-corrected chi connectivity index (χ3v) is 6.58. The van der Waals surface area contributed by atoms with Crippen LogP contribution in [0.15, 0.2) is 61.5 Å². The van der Waals surface area contributed by atoms with Crippen LogP contribution in [-0.2, 0) is 0 Å². The van der Waals surface area contributed by atoms with Crippen molar-refractivity contribution in [3.63, 3.8) is 0 Å². The van der Waals surface area contributed by atoms with E-state index >= 15 is 0 Å². The number of aryl methyl sites for hydroxylation is 1. The van der Waals surface area contributed by atoms with Crippen molar-refractivity contribution in [3.05, 3.63) is 85.1 Å². The molecule has 0 saturated heterocycles. The number of carbonyl (C=O) groups excluding carboxylic acids is 1. The summed E-state index contributed by atoms with van der Waals surface area (Å²) < 4.78 is 12.4. The van der Waals surface area contributed by atoms with Gasteiger partial charge in [-0.05, 0) is 49.7 Å². The smallest absolute Gasteiger partial charge is 0.297 e. The van der Waals surface area contributed by atoms with Crippen LogP contribution < -0.4 is 15.1 Å². The molecule has 0 fully saturated rings. The monoisotopic (exact) mass is 496 g/mol. The summed E-state index contributed by atoms with van der Waals surface area (Å²) in [5.41, 5.74) is 2.02. The lowest BCUT2D eigenvalue weighted by Gasteiger charge is -2.23. The summed E-state index contributed by atoms with van der Waals surface area (Å²) in [6, 6.07) is 12.0.